The zero-order chi connectivity index (χ0) is 8.02. The Hall–Kier alpha value is -0.0400. The fourth-order valence-corrected chi connectivity index (χ4v) is 3.05. The fourth-order valence-electron chi connectivity index (χ4n) is 3.05. The quantitative estimate of drug-likeness (QED) is 0.662. The van der Waals surface area contributed by atoms with Crippen LogP contribution in [0.15, 0.2) is 0 Å². The molecule has 1 heteroatoms. The van der Waals surface area contributed by atoms with Crippen LogP contribution in [0.4, 0.5) is 0 Å². The van der Waals surface area contributed by atoms with E-state index >= 15 is 0 Å². The van der Waals surface area contributed by atoms with E-state index in [2.05, 4.69) is 5.32 Å². The fraction of sp³-hybridized carbons (Fsp3) is 1.00. The maximum absolute atomic E-state index is 3.85. The summed E-state index contributed by atoms with van der Waals surface area (Å²) >= 11 is 0. The molecule has 3 aliphatic rings. The Kier molecular flexibility index (Phi) is 1.52. The molecule has 0 aromatic heterocycles. The van der Waals surface area contributed by atoms with E-state index in [0.29, 0.717) is 0 Å². The predicted molar refractivity (Wildman–Crippen MR) is 50.1 cm³/mol. The molecule has 0 heterocycles. The molecule has 0 aliphatic heterocycles. The molecule has 3 rings (SSSR count). The Bertz CT molecular complexity index is 174. The van der Waals surface area contributed by atoms with E-state index in [0.717, 1.165) is 17.5 Å². The molecule has 0 saturated heterocycles. The van der Waals surface area contributed by atoms with E-state index in [-0.39, 0.29) is 0 Å². The van der Waals surface area contributed by atoms with Gasteiger partial charge in [0.1, 0.15) is 0 Å². The van der Waals surface area contributed by atoms with Gasteiger partial charge in [-0.05, 0) is 43.9 Å². The van der Waals surface area contributed by atoms with Crippen molar-refractivity contribution in [3.63, 3.8) is 0 Å². The highest BCUT2D eigenvalue weighted by atomic mass is 15.0. The Morgan fingerprint density at radius 1 is 0.917 bits per heavy atom. The van der Waals surface area contributed by atoms with Crippen molar-refractivity contribution in [3.05, 3.63) is 0 Å². The molecule has 0 aromatic rings. The lowest BCUT2D eigenvalue weighted by Gasteiger charge is -2.57. The molecule has 0 amide bonds. The maximum atomic E-state index is 3.85. The molecule has 68 valence electrons. The van der Waals surface area contributed by atoms with Gasteiger partial charge < -0.3 is 5.32 Å². The minimum atomic E-state index is 0.815. The number of nitrogens with one attached hydrogen (secondary N) is 1. The smallest absolute Gasteiger partial charge is 0.0126 e. The molecule has 0 radical (unpaired) electrons. The maximum Gasteiger partial charge on any atom is 0.0126 e. The van der Waals surface area contributed by atoms with Crippen molar-refractivity contribution in [1.82, 2.24) is 5.32 Å². The van der Waals surface area contributed by atoms with Gasteiger partial charge in [-0.3, -0.25) is 0 Å². The number of hydrogen-bond acceptors (Lipinski definition) is 1. The molecule has 3 aliphatic carbocycles. The van der Waals surface area contributed by atoms with E-state index in [1.54, 1.807) is 0 Å². The zero-order valence-corrected chi connectivity index (χ0v) is 7.81. The Morgan fingerprint density at radius 2 is 1.75 bits per heavy atom. The average molecular weight is 165 g/mol. The Labute approximate surface area is 74.9 Å². The van der Waals surface area contributed by atoms with Gasteiger partial charge >= 0.3 is 0 Å². The molecule has 1 unspecified atom stereocenters. The number of rotatable bonds is 2. The lowest BCUT2D eigenvalue weighted by atomic mass is 9.53. The van der Waals surface area contributed by atoms with Crippen molar-refractivity contribution < 1.29 is 0 Å². The molecule has 1 N–H and O–H groups in total. The van der Waals surface area contributed by atoms with Gasteiger partial charge in [0.25, 0.3) is 0 Å². The van der Waals surface area contributed by atoms with Gasteiger partial charge in [-0.25, -0.2) is 0 Å². The second kappa shape index (κ2) is 2.47. The predicted octanol–water partition coefficient (Wildman–Crippen LogP) is 2.46. The van der Waals surface area contributed by atoms with Crippen LogP contribution in [0.3, 0.4) is 0 Å². The van der Waals surface area contributed by atoms with Crippen molar-refractivity contribution in [2.24, 2.45) is 5.41 Å². The minimum Gasteiger partial charge on any atom is -0.311 e. The summed E-state index contributed by atoms with van der Waals surface area (Å²) in [7, 11) is 0. The molecule has 3 fully saturated rings. The van der Waals surface area contributed by atoms with Crippen LogP contribution in [0.2, 0.25) is 0 Å². The van der Waals surface area contributed by atoms with E-state index in [9.17, 15) is 0 Å². The molecule has 1 spiro atoms. The van der Waals surface area contributed by atoms with E-state index in [1.807, 2.05) is 0 Å². The van der Waals surface area contributed by atoms with Gasteiger partial charge in [0, 0.05) is 12.1 Å². The number of hydrogen-bond donors (Lipinski definition) is 1. The standard InChI is InChI=1S/C11H19N/c1-3-9(4-1)12-10-5-8-11(10)6-2-7-11/h9-10,12H,1-8H2. The van der Waals surface area contributed by atoms with Crippen LogP contribution in [0, 0.1) is 5.41 Å². The molecular formula is C11H19N. The van der Waals surface area contributed by atoms with Gasteiger partial charge in [0.05, 0.1) is 0 Å². The summed E-state index contributed by atoms with van der Waals surface area (Å²) in [5, 5.41) is 3.85. The molecule has 1 nitrogen and oxygen atoms in total. The van der Waals surface area contributed by atoms with Crippen molar-refractivity contribution in [2.45, 2.75) is 63.5 Å². The molecule has 12 heavy (non-hydrogen) atoms. The van der Waals surface area contributed by atoms with Crippen LogP contribution in [-0.2, 0) is 0 Å². The van der Waals surface area contributed by atoms with E-state index in [4.69, 9.17) is 0 Å². The third-order valence-electron chi connectivity index (χ3n) is 4.56. The SMILES string of the molecule is C1CC(NC2CCC23CCC3)C1. The highest BCUT2D eigenvalue weighted by molar-refractivity contribution is 5.06. The molecule has 1 atom stereocenters. The van der Waals surface area contributed by atoms with Crippen LogP contribution in [0.25, 0.3) is 0 Å². The highest BCUT2D eigenvalue weighted by Crippen LogP contribution is 2.56. The Balaban J connectivity index is 1.55. The summed E-state index contributed by atoms with van der Waals surface area (Å²) in [5.74, 6) is 0. The molecule has 0 aromatic carbocycles. The first kappa shape index (κ1) is 7.37. The third-order valence-corrected chi connectivity index (χ3v) is 4.56. The zero-order valence-electron chi connectivity index (χ0n) is 7.81. The van der Waals surface area contributed by atoms with Crippen LogP contribution in [0.1, 0.15) is 51.4 Å². The van der Waals surface area contributed by atoms with Crippen LogP contribution >= 0.6 is 0 Å². The topological polar surface area (TPSA) is 12.0 Å². The lowest BCUT2D eigenvalue weighted by molar-refractivity contribution is -0.0274. The summed E-state index contributed by atoms with van der Waals surface area (Å²) in [5.41, 5.74) is 0.815. The monoisotopic (exact) mass is 165 g/mol. The first-order valence-electron chi connectivity index (χ1n) is 5.65. The molecule has 3 saturated carbocycles. The van der Waals surface area contributed by atoms with Gasteiger partial charge in [0.2, 0.25) is 0 Å². The summed E-state index contributed by atoms with van der Waals surface area (Å²) in [4.78, 5) is 0. The highest BCUT2D eigenvalue weighted by Gasteiger charge is 2.50. The normalized spacial score (nSPS) is 38.5. The Morgan fingerprint density at radius 3 is 2.08 bits per heavy atom. The molecule has 0 bridgehead atoms. The van der Waals surface area contributed by atoms with Gasteiger partial charge in [0.15, 0.2) is 0 Å². The van der Waals surface area contributed by atoms with Gasteiger partial charge in [-0.15, -0.1) is 0 Å². The average Bonchev–Trinajstić information content (AvgIpc) is 1.78. The van der Waals surface area contributed by atoms with Crippen LogP contribution in [-0.4, -0.2) is 12.1 Å². The minimum absolute atomic E-state index is 0.815. The van der Waals surface area contributed by atoms with Gasteiger partial charge in [-0.1, -0.05) is 12.8 Å². The second-order valence-corrected chi connectivity index (χ2v) is 5.10. The summed E-state index contributed by atoms with van der Waals surface area (Å²) in [6.45, 7) is 0. The summed E-state index contributed by atoms with van der Waals surface area (Å²) < 4.78 is 0. The van der Waals surface area contributed by atoms with Crippen LogP contribution in [0.5, 0.6) is 0 Å². The summed E-state index contributed by atoms with van der Waals surface area (Å²) in [6, 6.07) is 1.84. The first-order chi connectivity index (χ1) is 5.89. The van der Waals surface area contributed by atoms with Crippen molar-refractivity contribution in [1.29, 1.82) is 0 Å². The largest absolute Gasteiger partial charge is 0.311 e. The van der Waals surface area contributed by atoms with Crippen molar-refractivity contribution >= 4 is 0 Å². The van der Waals surface area contributed by atoms with Crippen molar-refractivity contribution in [2.75, 3.05) is 0 Å². The molecular weight excluding hydrogens is 146 g/mol. The van der Waals surface area contributed by atoms with Gasteiger partial charge in [-0.2, -0.15) is 0 Å². The summed E-state index contributed by atoms with van der Waals surface area (Å²) in [6.07, 6.45) is 11.9. The van der Waals surface area contributed by atoms with Crippen LogP contribution < -0.4 is 5.32 Å². The first-order valence-corrected chi connectivity index (χ1v) is 5.65. The third kappa shape index (κ3) is 0.891. The van der Waals surface area contributed by atoms with E-state index in [1.165, 1.54) is 51.4 Å². The second-order valence-electron chi connectivity index (χ2n) is 5.10. The lowest BCUT2D eigenvalue weighted by Crippen LogP contribution is -2.60. The van der Waals surface area contributed by atoms with E-state index < -0.39 is 0 Å². The van der Waals surface area contributed by atoms with Crippen molar-refractivity contribution in [3.8, 4) is 0 Å².